The number of allylic oxidation sites excluding steroid dienone is 4. The van der Waals surface area contributed by atoms with Crippen molar-refractivity contribution in [1.29, 1.82) is 0 Å². The van der Waals surface area contributed by atoms with E-state index >= 15 is 0 Å². The fourth-order valence-electron chi connectivity index (χ4n) is 2.04. The first kappa shape index (κ1) is 15.3. The van der Waals surface area contributed by atoms with Crippen LogP contribution in [0, 0.1) is 0 Å². The summed E-state index contributed by atoms with van der Waals surface area (Å²) in [6.45, 7) is 1.71. The first-order valence-electron chi connectivity index (χ1n) is 5.63. The maximum Gasteiger partial charge on any atom is 0.234 e. The summed E-state index contributed by atoms with van der Waals surface area (Å²) in [5.74, 6) is 0. The first-order valence-corrected chi connectivity index (χ1v) is 7.93. The minimum atomic E-state index is -3.86. The van der Waals surface area contributed by atoms with Gasteiger partial charge in [-0.2, -0.15) is 0 Å². The third-order valence-corrected chi connectivity index (χ3v) is 5.18. The second-order valence-electron chi connectivity index (χ2n) is 4.55. The van der Waals surface area contributed by atoms with Gasteiger partial charge in [0, 0.05) is 24.4 Å². The van der Waals surface area contributed by atoms with Gasteiger partial charge >= 0.3 is 0 Å². The summed E-state index contributed by atoms with van der Waals surface area (Å²) < 4.78 is 22.9. The minimum absolute atomic E-state index is 0.0120. The van der Waals surface area contributed by atoms with Gasteiger partial charge in [-0.3, -0.25) is 4.79 Å². The average molecular weight is 335 g/mol. The standard InChI is InChI=1S/C12H12Cl2N2O3S/c1-7-2-3-8(20(15,18)19)4-12(7,14)9-5-16-6-10(13)11(9)17/h2-3,5-6H,4H2,1H3,(H,16,17)(H2,15,18,19). The van der Waals surface area contributed by atoms with Crippen molar-refractivity contribution in [2.24, 2.45) is 5.14 Å². The number of sulfonamides is 1. The number of hydrogen-bond donors (Lipinski definition) is 2. The van der Waals surface area contributed by atoms with Gasteiger partial charge in [-0.05, 0) is 18.6 Å². The molecule has 0 aliphatic heterocycles. The molecule has 0 radical (unpaired) electrons. The number of alkyl halides is 1. The molecule has 0 saturated heterocycles. The summed E-state index contributed by atoms with van der Waals surface area (Å²) in [7, 11) is -3.86. The Balaban J connectivity index is 2.62. The maximum absolute atomic E-state index is 12.1. The molecule has 1 unspecified atom stereocenters. The van der Waals surface area contributed by atoms with Gasteiger partial charge in [-0.1, -0.05) is 17.7 Å². The van der Waals surface area contributed by atoms with Crippen LogP contribution >= 0.6 is 23.2 Å². The molecule has 0 bridgehead atoms. The second-order valence-corrected chi connectivity index (χ2v) is 7.22. The van der Waals surface area contributed by atoms with Crippen molar-refractivity contribution in [2.75, 3.05) is 0 Å². The van der Waals surface area contributed by atoms with Crippen molar-refractivity contribution in [3.8, 4) is 0 Å². The Morgan fingerprint density at radius 1 is 1.35 bits per heavy atom. The smallest absolute Gasteiger partial charge is 0.234 e. The number of aromatic amines is 1. The van der Waals surface area contributed by atoms with Gasteiger partial charge in [0.05, 0.1) is 4.91 Å². The molecule has 0 saturated carbocycles. The van der Waals surface area contributed by atoms with Crippen LogP contribution in [0.25, 0.3) is 0 Å². The van der Waals surface area contributed by atoms with Crippen molar-refractivity contribution in [1.82, 2.24) is 4.98 Å². The van der Waals surface area contributed by atoms with Gasteiger partial charge in [0.1, 0.15) is 9.90 Å². The lowest BCUT2D eigenvalue weighted by atomic mass is 9.85. The van der Waals surface area contributed by atoms with Crippen LogP contribution < -0.4 is 10.6 Å². The molecule has 1 aromatic heterocycles. The molecule has 3 N–H and O–H groups in total. The predicted molar refractivity (Wildman–Crippen MR) is 79.2 cm³/mol. The lowest BCUT2D eigenvalue weighted by molar-refractivity contribution is 0.595. The van der Waals surface area contributed by atoms with E-state index in [0.29, 0.717) is 5.57 Å². The molecule has 1 atom stereocenters. The van der Waals surface area contributed by atoms with E-state index in [-0.39, 0.29) is 21.9 Å². The highest BCUT2D eigenvalue weighted by Crippen LogP contribution is 2.43. The number of H-pyrrole nitrogens is 1. The minimum Gasteiger partial charge on any atom is -0.366 e. The lowest BCUT2D eigenvalue weighted by Gasteiger charge is -2.31. The van der Waals surface area contributed by atoms with Crippen LogP contribution in [0.15, 0.2) is 39.8 Å². The monoisotopic (exact) mass is 334 g/mol. The normalized spacial score (nSPS) is 23.2. The second kappa shape index (κ2) is 5.04. The van der Waals surface area contributed by atoms with E-state index in [2.05, 4.69) is 4.98 Å². The zero-order valence-electron chi connectivity index (χ0n) is 10.5. The number of halogens is 2. The van der Waals surface area contributed by atoms with Crippen LogP contribution in [-0.2, 0) is 14.9 Å². The lowest BCUT2D eigenvalue weighted by Crippen LogP contribution is -2.32. The molecule has 8 heteroatoms. The zero-order valence-corrected chi connectivity index (χ0v) is 12.8. The molecule has 20 heavy (non-hydrogen) atoms. The highest BCUT2D eigenvalue weighted by Gasteiger charge is 2.39. The van der Waals surface area contributed by atoms with E-state index in [1.807, 2.05) is 0 Å². The van der Waals surface area contributed by atoms with Crippen molar-refractivity contribution in [3.05, 3.63) is 55.8 Å². The molecule has 0 fully saturated rings. The number of hydrogen-bond acceptors (Lipinski definition) is 3. The van der Waals surface area contributed by atoms with Gasteiger partial charge in [0.15, 0.2) is 0 Å². The molecule has 5 nitrogen and oxygen atoms in total. The summed E-state index contributed by atoms with van der Waals surface area (Å²) in [6, 6.07) is 0. The van der Waals surface area contributed by atoms with Crippen LogP contribution in [0.4, 0.5) is 0 Å². The average Bonchev–Trinajstić information content (AvgIpc) is 2.35. The third kappa shape index (κ3) is 2.56. The van der Waals surface area contributed by atoms with E-state index in [0.717, 1.165) is 0 Å². The quantitative estimate of drug-likeness (QED) is 0.810. The summed E-state index contributed by atoms with van der Waals surface area (Å²) in [5, 5.41) is 5.11. The topological polar surface area (TPSA) is 93.0 Å². The molecule has 0 spiro atoms. The largest absolute Gasteiger partial charge is 0.366 e. The van der Waals surface area contributed by atoms with Gasteiger partial charge in [-0.25, -0.2) is 13.6 Å². The molecule has 1 heterocycles. The summed E-state index contributed by atoms with van der Waals surface area (Å²) in [6.07, 6.45) is 5.59. The highest BCUT2D eigenvalue weighted by molar-refractivity contribution is 7.93. The van der Waals surface area contributed by atoms with Crippen LogP contribution in [0.2, 0.25) is 5.02 Å². The number of primary sulfonamides is 1. The Labute approximate surface area is 126 Å². The Kier molecular flexibility index (Phi) is 3.85. The first-order chi connectivity index (χ1) is 9.16. The van der Waals surface area contributed by atoms with E-state index < -0.39 is 20.3 Å². The third-order valence-electron chi connectivity index (χ3n) is 3.25. The zero-order chi connectivity index (χ0) is 15.1. The fourth-order valence-corrected chi connectivity index (χ4v) is 3.31. The SMILES string of the molecule is CC1=CC=C(S(N)(=O)=O)CC1(Cl)c1c[nH]cc(Cl)c1=O. The van der Waals surface area contributed by atoms with Crippen LogP contribution in [0.1, 0.15) is 18.9 Å². The van der Waals surface area contributed by atoms with E-state index in [4.69, 9.17) is 28.3 Å². The van der Waals surface area contributed by atoms with Crippen molar-refractivity contribution >= 4 is 33.2 Å². The van der Waals surface area contributed by atoms with Crippen molar-refractivity contribution in [2.45, 2.75) is 18.2 Å². The number of nitrogens with one attached hydrogen (secondary N) is 1. The Hall–Kier alpha value is -1.08. The Bertz CT molecular complexity index is 780. The molecule has 1 aliphatic carbocycles. The molecule has 2 rings (SSSR count). The number of pyridine rings is 1. The van der Waals surface area contributed by atoms with E-state index in [1.165, 1.54) is 24.5 Å². The highest BCUT2D eigenvalue weighted by atomic mass is 35.5. The van der Waals surface area contributed by atoms with Crippen molar-refractivity contribution in [3.63, 3.8) is 0 Å². The number of aromatic nitrogens is 1. The predicted octanol–water partition coefficient (Wildman–Crippen LogP) is 1.98. The van der Waals surface area contributed by atoms with E-state index in [1.54, 1.807) is 6.92 Å². The van der Waals surface area contributed by atoms with Gasteiger partial charge < -0.3 is 4.98 Å². The Morgan fingerprint density at radius 3 is 2.60 bits per heavy atom. The molecular weight excluding hydrogens is 323 g/mol. The molecule has 0 amide bonds. The fraction of sp³-hybridized carbons (Fsp3) is 0.250. The van der Waals surface area contributed by atoms with Gasteiger partial charge in [0.25, 0.3) is 0 Å². The summed E-state index contributed by atoms with van der Waals surface area (Å²) in [5.41, 5.74) is 0.387. The number of rotatable bonds is 2. The van der Waals surface area contributed by atoms with Gasteiger partial charge in [-0.15, -0.1) is 11.6 Å². The molecule has 1 aromatic rings. The van der Waals surface area contributed by atoms with Crippen LogP contribution in [-0.4, -0.2) is 13.4 Å². The number of nitrogens with two attached hydrogens (primary N) is 1. The molecular formula is C12H12Cl2N2O3S. The maximum atomic E-state index is 12.1. The van der Waals surface area contributed by atoms with Gasteiger partial charge in [0.2, 0.25) is 15.5 Å². The summed E-state index contributed by atoms with van der Waals surface area (Å²) >= 11 is 12.3. The van der Waals surface area contributed by atoms with Crippen LogP contribution in [0.3, 0.4) is 0 Å². The van der Waals surface area contributed by atoms with Crippen molar-refractivity contribution < 1.29 is 8.42 Å². The Morgan fingerprint density at radius 2 is 2.00 bits per heavy atom. The molecule has 108 valence electrons. The molecule has 1 aliphatic rings. The van der Waals surface area contributed by atoms with E-state index in [9.17, 15) is 13.2 Å². The summed E-state index contributed by atoms with van der Waals surface area (Å²) in [4.78, 5) is 13.5. The van der Waals surface area contributed by atoms with Crippen LogP contribution in [0.5, 0.6) is 0 Å². The molecule has 0 aromatic carbocycles.